The molecule has 0 saturated heterocycles. The van der Waals surface area contributed by atoms with Crippen LogP contribution in [0.4, 0.5) is 5.69 Å². The second kappa shape index (κ2) is 3.74. The highest BCUT2D eigenvalue weighted by molar-refractivity contribution is 9.10. The Morgan fingerprint density at radius 2 is 2.19 bits per heavy atom. The number of nitrogens with two attached hydrogens (primary N) is 1. The van der Waals surface area contributed by atoms with Crippen LogP contribution < -0.4 is 10.1 Å². The number of halogens is 1. The number of sulfonamides is 1. The first-order valence-corrected chi connectivity index (χ1v) is 6.89. The van der Waals surface area contributed by atoms with Gasteiger partial charge in [0.05, 0.1) is 11.4 Å². The van der Waals surface area contributed by atoms with Gasteiger partial charge in [0, 0.05) is 17.1 Å². The zero-order valence-corrected chi connectivity index (χ0v) is 10.9. The van der Waals surface area contributed by atoms with Gasteiger partial charge >= 0.3 is 0 Å². The molecule has 0 aromatic heterocycles. The maximum atomic E-state index is 11.8. The molecule has 1 aromatic carbocycles. The highest BCUT2D eigenvalue weighted by Crippen LogP contribution is 2.30. The number of anilines is 1. The highest BCUT2D eigenvalue weighted by atomic mass is 79.9. The largest absolute Gasteiger partial charge is 0.323 e. The SMILES string of the molecule is CN1c2ccc(Br)cc2/C(=N/N)CS1(=O)=O. The molecule has 2 rings (SSSR count). The van der Waals surface area contributed by atoms with Crippen molar-refractivity contribution in [2.45, 2.75) is 0 Å². The van der Waals surface area contributed by atoms with Gasteiger partial charge in [-0.1, -0.05) is 15.9 Å². The van der Waals surface area contributed by atoms with Crippen LogP contribution in [0.2, 0.25) is 0 Å². The number of fused-ring (bicyclic) bond motifs is 1. The van der Waals surface area contributed by atoms with E-state index in [-0.39, 0.29) is 5.75 Å². The summed E-state index contributed by atoms with van der Waals surface area (Å²) in [6, 6.07) is 5.32. The van der Waals surface area contributed by atoms with Gasteiger partial charge in [0.1, 0.15) is 5.75 Å². The van der Waals surface area contributed by atoms with Crippen molar-refractivity contribution in [1.82, 2.24) is 0 Å². The summed E-state index contributed by atoms with van der Waals surface area (Å²) in [6.07, 6.45) is 0. The number of benzene rings is 1. The van der Waals surface area contributed by atoms with Crippen LogP contribution in [0.25, 0.3) is 0 Å². The van der Waals surface area contributed by atoms with E-state index < -0.39 is 10.0 Å². The van der Waals surface area contributed by atoms with Crippen molar-refractivity contribution in [3.63, 3.8) is 0 Å². The molecular weight excluding hydrogens is 294 g/mol. The first-order valence-electron chi connectivity index (χ1n) is 4.49. The molecule has 0 radical (unpaired) electrons. The van der Waals surface area contributed by atoms with Crippen molar-refractivity contribution < 1.29 is 8.42 Å². The topological polar surface area (TPSA) is 75.8 Å². The Balaban J connectivity index is 2.72. The van der Waals surface area contributed by atoms with Crippen LogP contribution in [0.1, 0.15) is 5.56 Å². The van der Waals surface area contributed by atoms with Crippen LogP contribution >= 0.6 is 15.9 Å². The first kappa shape index (κ1) is 11.4. The predicted molar refractivity (Wildman–Crippen MR) is 67.1 cm³/mol. The zero-order valence-electron chi connectivity index (χ0n) is 8.51. The van der Waals surface area contributed by atoms with Gasteiger partial charge in [0.25, 0.3) is 0 Å². The number of hydrogen-bond donors (Lipinski definition) is 1. The van der Waals surface area contributed by atoms with E-state index in [4.69, 9.17) is 5.84 Å². The Morgan fingerprint density at radius 1 is 1.50 bits per heavy atom. The Labute approximate surface area is 102 Å². The summed E-state index contributed by atoms with van der Waals surface area (Å²) in [7, 11) is -1.82. The number of rotatable bonds is 0. The summed E-state index contributed by atoms with van der Waals surface area (Å²) in [5.74, 6) is 5.06. The second-order valence-electron chi connectivity index (χ2n) is 3.46. The van der Waals surface area contributed by atoms with Gasteiger partial charge in [-0.2, -0.15) is 5.10 Å². The molecule has 86 valence electrons. The van der Waals surface area contributed by atoms with E-state index in [0.717, 1.165) is 10.0 Å². The van der Waals surface area contributed by atoms with E-state index in [2.05, 4.69) is 21.0 Å². The summed E-state index contributed by atoms with van der Waals surface area (Å²) in [5.41, 5.74) is 1.72. The van der Waals surface area contributed by atoms with Gasteiger partial charge in [-0.15, -0.1) is 0 Å². The molecule has 1 aliphatic rings. The quantitative estimate of drug-likeness (QED) is 0.571. The molecule has 1 heterocycles. The van der Waals surface area contributed by atoms with Gasteiger partial charge in [-0.25, -0.2) is 8.42 Å². The molecule has 0 unspecified atom stereocenters. The fraction of sp³-hybridized carbons (Fsp3) is 0.222. The molecule has 0 amide bonds. The van der Waals surface area contributed by atoms with Crippen LogP contribution in [0.15, 0.2) is 27.8 Å². The molecule has 0 saturated carbocycles. The molecular formula is C9H10BrN3O2S. The first-order chi connectivity index (χ1) is 7.45. The van der Waals surface area contributed by atoms with Crippen LogP contribution in [0.3, 0.4) is 0 Å². The lowest BCUT2D eigenvalue weighted by Crippen LogP contribution is -2.38. The van der Waals surface area contributed by atoms with Crippen LogP contribution in [0, 0.1) is 0 Å². The van der Waals surface area contributed by atoms with E-state index >= 15 is 0 Å². The summed E-state index contributed by atoms with van der Waals surface area (Å²) < 4.78 is 25.7. The third-order valence-corrected chi connectivity index (χ3v) is 4.66. The lowest BCUT2D eigenvalue weighted by atomic mass is 10.1. The molecule has 1 aliphatic heterocycles. The van der Waals surface area contributed by atoms with Crippen molar-refractivity contribution in [2.24, 2.45) is 10.9 Å². The molecule has 16 heavy (non-hydrogen) atoms. The molecule has 7 heteroatoms. The molecule has 2 N–H and O–H groups in total. The smallest absolute Gasteiger partial charge is 0.240 e. The molecule has 0 atom stereocenters. The van der Waals surface area contributed by atoms with Gasteiger partial charge in [-0.3, -0.25) is 4.31 Å². The van der Waals surface area contributed by atoms with Gasteiger partial charge in [-0.05, 0) is 18.2 Å². The van der Waals surface area contributed by atoms with E-state index in [1.807, 2.05) is 6.07 Å². The minimum Gasteiger partial charge on any atom is -0.323 e. The van der Waals surface area contributed by atoms with Crippen molar-refractivity contribution in [3.05, 3.63) is 28.2 Å². The molecule has 1 aromatic rings. The average molecular weight is 304 g/mol. The van der Waals surface area contributed by atoms with Crippen molar-refractivity contribution in [3.8, 4) is 0 Å². The van der Waals surface area contributed by atoms with Crippen LogP contribution in [-0.4, -0.2) is 26.9 Å². The Bertz CT molecular complexity index is 568. The zero-order chi connectivity index (χ0) is 11.9. The summed E-state index contributed by atoms with van der Waals surface area (Å²) in [4.78, 5) is 0. The highest BCUT2D eigenvalue weighted by Gasteiger charge is 2.31. The fourth-order valence-electron chi connectivity index (χ4n) is 1.62. The standard InChI is InChI=1S/C9H10BrN3O2S/c1-13-9-3-2-6(10)4-7(9)8(12-11)5-16(13,14)15/h2-4H,5,11H2,1H3/b12-8+. The predicted octanol–water partition coefficient (Wildman–Crippen LogP) is 0.892. The third-order valence-electron chi connectivity index (χ3n) is 2.50. The fourth-order valence-corrected chi connectivity index (χ4v) is 3.21. The van der Waals surface area contributed by atoms with E-state index in [0.29, 0.717) is 11.4 Å². The number of hydrogen-bond acceptors (Lipinski definition) is 4. The lowest BCUT2D eigenvalue weighted by molar-refractivity contribution is 0.597. The Kier molecular flexibility index (Phi) is 2.67. The molecule has 0 spiro atoms. The monoisotopic (exact) mass is 303 g/mol. The average Bonchev–Trinajstić information content (AvgIpc) is 2.23. The van der Waals surface area contributed by atoms with Crippen molar-refractivity contribution in [1.29, 1.82) is 0 Å². The van der Waals surface area contributed by atoms with Crippen molar-refractivity contribution in [2.75, 3.05) is 17.1 Å². The van der Waals surface area contributed by atoms with Gasteiger partial charge < -0.3 is 5.84 Å². The maximum Gasteiger partial charge on any atom is 0.240 e. The third kappa shape index (κ3) is 1.69. The van der Waals surface area contributed by atoms with Crippen LogP contribution in [-0.2, 0) is 10.0 Å². The molecule has 0 aliphatic carbocycles. The molecule has 0 bridgehead atoms. The Morgan fingerprint density at radius 3 is 2.81 bits per heavy atom. The minimum absolute atomic E-state index is 0.163. The second-order valence-corrected chi connectivity index (χ2v) is 6.38. The normalized spacial score (nSPS) is 20.9. The Hall–Kier alpha value is -1.08. The number of hydrazone groups is 1. The van der Waals surface area contributed by atoms with Gasteiger partial charge in [0.2, 0.25) is 10.0 Å². The van der Waals surface area contributed by atoms with E-state index in [1.54, 1.807) is 12.1 Å². The summed E-state index contributed by atoms with van der Waals surface area (Å²) >= 11 is 3.33. The molecule has 0 fully saturated rings. The maximum absolute atomic E-state index is 11.8. The minimum atomic E-state index is -3.34. The summed E-state index contributed by atoms with van der Waals surface area (Å²) in [6.45, 7) is 0. The lowest BCUT2D eigenvalue weighted by Gasteiger charge is -2.27. The molecule has 5 nitrogen and oxygen atoms in total. The van der Waals surface area contributed by atoms with Crippen LogP contribution in [0.5, 0.6) is 0 Å². The van der Waals surface area contributed by atoms with E-state index in [1.165, 1.54) is 11.4 Å². The number of nitrogens with zero attached hydrogens (tertiary/aromatic N) is 2. The summed E-state index contributed by atoms with van der Waals surface area (Å²) in [5, 5.41) is 3.55. The van der Waals surface area contributed by atoms with E-state index in [9.17, 15) is 8.42 Å². The van der Waals surface area contributed by atoms with Crippen molar-refractivity contribution >= 4 is 37.4 Å². The van der Waals surface area contributed by atoms with Gasteiger partial charge in [0.15, 0.2) is 0 Å².